The molecule has 1 fully saturated rings. The van der Waals surface area contributed by atoms with Crippen LogP contribution in [0.3, 0.4) is 0 Å². The van der Waals surface area contributed by atoms with Gasteiger partial charge >= 0.3 is 0 Å². The van der Waals surface area contributed by atoms with Crippen LogP contribution in [-0.4, -0.2) is 55.4 Å². The van der Waals surface area contributed by atoms with Crippen LogP contribution in [0.25, 0.3) is 10.2 Å². The molecule has 8 heteroatoms. The summed E-state index contributed by atoms with van der Waals surface area (Å²) in [4.78, 5) is 22.5. The molecule has 23 heavy (non-hydrogen) atoms. The van der Waals surface area contributed by atoms with Gasteiger partial charge in [0.05, 0.1) is 29.5 Å². The van der Waals surface area contributed by atoms with Gasteiger partial charge in [-0.15, -0.1) is 11.3 Å². The van der Waals surface area contributed by atoms with Crippen molar-refractivity contribution in [2.75, 3.05) is 38.8 Å². The predicted molar refractivity (Wildman–Crippen MR) is 89.2 cm³/mol. The Balaban J connectivity index is 1.87. The van der Waals surface area contributed by atoms with E-state index >= 15 is 0 Å². The molecule has 1 atom stereocenters. The second-order valence-corrected chi connectivity index (χ2v) is 6.41. The van der Waals surface area contributed by atoms with E-state index < -0.39 is 0 Å². The van der Waals surface area contributed by atoms with Crippen LogP contribution in [0.4, 0.5) is 5.82 Å². The number of methoxy groups -OCH3 is 1. The highest BCUT2D eigenvalue weighted by Gasteiger charge is 2.22. The van der Waals surface area contributed by atoms with Crippen molar-refractivity contribution in [3.05, 3.63) is 16.8 Å². The second kappa shape index (κ2) is 7.20. The predicted octanol–water partition coefficient (Wildman–Crippen LogP) is 1.58. The summed E-state index contributed by atoms with van der Waals surface area (Å²) in [5.41, 5.74) is 0.905. The number of aryl methyl sites for hydroxylation is 1. The fourth-order valence-electron chi connectivity index (χ4n) is 2.59. The first kappa shape index (κ1) is 16.1. The Morgan fingerprint density at radius 1 is 1.52 bits per heavy atom. The van der Waals surface area contributed by atoms with Gasteiger partial charge in [-0.25, -0.2) is 9.97 Å². The molecule has 0 aromatic carbocycles. The maximum Gasteiger partial charge on any atom is 0.261 e. The smallest absolute Gasteiger partial charge is 0.261 e. The van der Waals surface area contributed by atoms with Crippen molar-refractivity contribution in [3.8, 4) is 0 Å². The Morgan fingerprint density at radius 2 is 2.39 bits per heavy atom. The number of aromatic nitrogens is 2. The van der Waals surface area contributed by atoms with Crippen molar-refractivity contribution in [3.63, 3.8) is 0 Å². The zero-order chi connectivity index (χ0) is 16.2. The van der Waals surface area contributed by atoms with Crippen LogP contribution < -0.4 is 10.6 Å². The highest BCUT2D eigenvalue weighted by Crippen LogP contribution is 2.33. The molecule has 1 aliphatic rings. The summed E-state index contributed by atoms with van der Waals surface area (Å²) < 4.78 is 10.3. The summed E-state index contributed by atoms with van der Waals surface area (Å²) in [5.74, 6) is 0.674. The number of fused-ring (bicyclic) bond motifs is 1. The summed E-state index contributed by atoms with van der Waals surface area (Å²) in [6, 6.07) is 0.256. The lowest BCUT2D eigenvalue weighted by molar-refractivity contribution is 0.0940. The largest absolute Gasteiger partial charge is 0.383 e. The lowest BCUT2D eigenvalue weighted by Crippen LogP contribution is -2.26. The minimum atomic E-state index is -0.0994. The van der Waals surface area contributed by atoms with Crippen LogP contribution in [0.2, 0.25) is 0 Å². The summed E-state index contributed by atoms with van der Waals surface area (Å²) in [7, 11) is 1.61. The van der Waals surface area contributed by atoms with Gasteiger partial charge in [-0.2, -0.15) is 0 Å². The first-order valence-electron chi connectivity index (χ1n) is 7.56. The number of ether oxygens (including phenoxy) is 2. The molecular weight excluding hydrogens is 316 g/mol. The van der Waals surface area contributed by atoms with Crippen LogP contribution in [0.1, 0.15) is 21.7 Å². The third kappa shape index (κ3) is 3.44. The lowest BCUT2D eigenvalue weighted by atomic mass is 10.2. The molecule has 0 saturated carbocycles. The first-order chi connectivity index (χ1) is 11.2. The molecule has 0 bridgehead atoms. The molecule has 1 amide bonds. The van der Waals surface area contributed by atoms with Gasteiger partial charge in [0.2, 0.25) is 0 Å². The van der Waals surface area contributed by atoms with Crippen molar-refractivity contribution in [1.82, 2.24) is 15.3 Å². The van der Waals surface area contributed by atoms with Crippen LogP contribution in [0.5, 0.6) is 0 Å². The minimum absolute atomic E-state index is 0.0994. The normalized spacial score (nSPS) is 17.6. The zero-order valence-corrected chi connectivity index (χ0v) is 14.0. The van der Waals surface area contributed by atoms with Gasteiger partial charge in [0, 0.05) is 20.3 Å². The number of hydrogen-bond donors (Lipinski definition) is 2. The molecule has 3 heterocycles. The fourth-order valence-corrected chi connectivity index (χ4v) is 3.65. The van der Waals surface area contributed by atoms with E-state index in [-0.39, 0.29) is 11.9 Å². The van der Waals surface area contributed by atoms with E-state index in [0.717, 1.165) is 34.6 Å². The molecule has 1 saturated heterocycles. The number of hydrogen-bond acceptors (Lipinski definition) is 7. The average Bonchev–Trinajstić information content (AvgIpc) is 3.16. The lowest BCUT2D eigenvalue weighted by Gasteiger charge is -2.12. The molecule has 0 spiro atoms. The zero-order valence-electron chi connectivity index (χ0n) is 13.2. The summed E-state index contributed by atoms with van der Waals surface area (Å²) >= 11 is 1.39. The third-order valence-corrected chi connectivity index (χ3v) is 4.99. The maximum absolute atomic E-state index is 12.3. The van der Waals surface area contributed by atoms with Gasteiger partial charge < -0.3 is 20.1 Å². The van der Waals surface area contributed by atoms with Gasteiger partial charge in [0.25, 0.3) is 5.91 Å². The molecule has 1 unspecified atom stereocenters. The highest BCUT2D eigenvalue weighted by atomic mass is 32.1. The van der Waals surface area contributed by atoms with Gasteiger partial charge in [0.15, 0.2) is 0 Å². The SMILES string of the molecule is COCCNC(=O)c1sc2ncnc(NC3CCOC3)c2c1C. The van der Waals surface area contributed by atoms with Crippen LogP contribution in [0, 0.1) is 6.92 Å². The van der Waals surface area contributed by atoms with Gasteiger partial charge in [-0.05, 0) is 18.9 Å². The topological polar surface area (TPSA) is 85.4 Å². The number of rotatable bonds is 6. The molecule has 0 aliphatic carbocycles. The average molecular weight is 336 g/mol. The number of carbonyl (C=O) groups is 1. The Hall–Kier alpha value is -1.77. The molecule has 1 aliphatic heterocycles. The van der Waals surface area contributed by atoms with E-state index in [1.54, 1.807) is 7.11 Å². The number of amides is 1. The standard InChI is InChI=1S/C15H20N4O3S/c1-9-11-13(19-10-3-5-22-7-10)17-8-18-15(11)23-12(9)14(20)16-4-6-21-2/h8,10H,3-7H2,1-2H3,(H,16,20)(H,17,18,19). The van der Waals surface area contributed by atoms with Gasteiger partial charge in [-0.1, -0.05) is 0 Å². The van der Waals surface area contributed by atoms with E-state index in [1.807, 2.05) is 6.92 Å². The third-order valence-electron chi connectivity index (χ3n) is 3.80. The Bertz CT molecular complexity index is 697. The number of carbonyl (C=O) groups excluding carboxylic acids is 1. The molecule has 2 N–H and O–H groups in total. The quantitative estimate of drug-likeness (QED) is 0.779. The maximum atomic E-state index is 12.3. The second-order valence-electron chi connectivity index (χ2n) is 5.41. The molecule has 2 aromatic rings. The summed E-state index contributed by atoms with van der Waals surface area (Å²) in [6.07, 6.45) is 2.49. The van der Waals surface area contributed by atoms with Crippen LogP contribution >= 0.6 is 11.3 Å². The number of nitrogens with zero attached hydrogens (tertiary/aromatic N) is 2. The first-order valence-corrected chi connectivity index (χ1v) is 8.38. The molecule has 2 aromatic heterocycles. The molecule has 0 radical (unpaired) electrons. The van der Waals surface area contributed by atoms with Crippen molar-refractivity contribution in [2.45, 2.75) is 19.4 Å². The minimum Gasteiger partial charge on any atom is -0.383 e. The van der Waals surface area contributed by atoms with E-state index in [2.05, 4.69) is 20.6 Å². The molecular formula is C15H20N4O3S. The van der Waals surface area contributed by atoms with E-state index in [1.165, 1.54) is 17.7 Å². The molecule has 7 nitrogen and oxygen atoms in total. The number of nitrogens with one attached hydrogen (secondary N) is 2. The molecule has 124 valence electrons. The van der Waals surface area contributed by atoms with Crippen molar-refractivity contribution in [2.24, 2.45) is 0 Å². The Kier molecular flexibility index (Phi) is 5.04. The van der Waals surface area contributed by atoms with Crippen molar-refractivity contribution in [1.29, 1.82) is 0 Å². The van der Waals surface area contributed by atoms with E-state index in [0.29, 0.717) is 24.6 Å². The van der Waals surface area contributed by atoms with Crippen LogP contribution in [-0.2, 0) is 9.47 Å². The van der Waals surface area contributed by atoms with Crippen molar-refractivity contribution < 1.29 is 14.3 Å². The number of anilines is 1. The van der Waals surface area contributed by atoms with E-state index in [4.69, 9.17) is 9.47 Å². The summed E-state index contributed by atoms with van der Waals surface area (Å²) in [5, 5.41) is 7.18. The van der Waals surface area contributed by atoms with Crippen LogP contribution in [0.15, 0.2) is 6.33 Å². The fraction of sp³-hybridized carbons (Fsp3) is 0.533. The van der Waals surface area contributed by atoms with Gasteiger partial charge in [0.1, 0.15) is 17.0 Å². The molecule has 3 rings (SSSR count). The Labute approximate surface area is 138 Å². The Morgan fingerprint density at radius 3 is 3.13 bits per heavy atom. The highest BCUT2D eigenvalue weighted by molar-refractivity contribution is 7.20. The van der Waals surface area contributed by atoms with E-state index in [9.17, 15) is 4.79 Å². The number of thiophene rings is 1. The van der Waals surface area contributed by atoms with Gasteiger partial charge in [-0.3, -0.25) is 4.79 Å². The monoisotopic (exact) mass is 336 g/mol. The summed E-state index contributed by atoms with van der Waals surface area (Å²) in [6.45, 7) is 4.35. The van der Waals surface area contributed by atoms with Crippen molar-refractivity contribution >= 4 is 33.3 Å².